The highest BCUT2D eigenvalue weighted by Crippen LogP contribution is 2.20. The fourth-order valence-corrected chi connectivity index (χ4v) is 1.69. The molecule has 80 valence electrons. The molecule has 1 aliphatic rings. The van der Waals surface area contributed by atoms with Crippen LogP contribution in [0, 0.1) is 12.8 Å². The molecule has 0 fully saturated rings. The second-order valence-corrected chi connectivity index (χ2v) is 3.79. The third-order valence-electron chi connectivity index (χ3n) is 2.52. The molecule has 1 unspecified atom stereocenters. The average Bonchev–Trinajstić information content (AvgIpc) is 2.65. The van der Waals surface area contributed by atoms with Crippen LogP contribution in [0.1, 0.15) is 25.0 Å². The fourth-order valence-electron chi connectivity index (χ4n) is 1.69. The third-order valence-corrected chi connectivity index (χ3v) is 2.52. The number of allylic oxidation sites excluding steroid dienone is 2. The van der Waals surface area contributed by atoms with Crippen molar-refractivity contribution in [1.82, 2.24) is 5.16 Å². The van der Waals surface area contributed by atoms with Crippen LogP contribution in [0.3, 0.4) is 0 Å². The Morgan fingerprint density at radius 1 is 1.60 bits per heavy atom. The van der Waals surface area contributed by atoms with Crippen molar-refractivity contribution in [2.24, 2.45) is 5.92 Å². The van der Waals surface area contributed by atoms with Crippen LogP contribution in [-0.2, 0) is 4.79 Å². The molecule has 1 aromatic rings. The van der Waals surface area contributed by atoms with Crippen molar-refractivity contribution in [3.63, 3.8) is 0 Å². The summed E-state index contributed by atoms with van der Waals surface area (Å²) in [5.74, 6) is 1.32. The van der Waals surface area contributed by atoms with Gasteiger partial charge >= 0.3 is 0 Å². The molecule has 0 saturated carbocycles. The smallest absolute Gasteiger partial charge is 0.229 e. The highest BCUT2D eigenvalue weighted by molar-refractivity contribution is 5.91. The van der Waals surface area contributed by atoms with Gasteiger partial charge < -0.3 is 9.84 Å². The van der Waals surface area contributed by atoms with Crippen molar-refractivity contribution in [3.8, 4) is 0 Å². The Morgan fingerprint density at radius 3 is 3.07 bits per heavy atom. The molecule has 0 aromatic carbocycles. The van der Waals surface area contributed by atoms with Crippen LogP contribution in [0.4, 0.5) is 5.82 Å². The monoisotopic (exact) mass is 206 g/mol. The SMILES string of the molecule is Cc1cc(NC(=O)C2CC=CCC2)no1. The van der Waals surface area contributed by atoms with E-state index in [1.54, 1.807) is 13.0 Å². The highest BCUT2D eigenvalue weighted by atomic mass is 16.5. The number of amides is 1. The Bertz CT molecular complexity index is 382. The zero-order valence-corrected chi connectivity index (χ0v) is 8.69. The minimum Gasteiger partial charge on any atom is -0.360 e. The van der Waals surface area contributed by atoms with Crippen molar-refractivity contribution in [3.05, 3.63) is 24.0 Å². The Hall–Kier alpha value is -1.58. The number of aromatic nitrogens is 1. The lowest BCUT2D eigenvalue weighted by molar-refractivity contribution is -0.120. The van der Waals surface area contributed by atoms with Crippen molar-refractivity contribution < 1.29 is 9.32 Å². The van der Waals surface area contributed by atoms with Gasteiger partial charge in [0.2, 0.25) is 5.91 Å². The molecule has 15 heavy (non-hydrogen) atoms. The van der Waals surface area contributed by atoms with Crippen LogP contribution < -0.4 is 5.32 Å². The number of rotatable bonds is 2. The van der Waals surface area contributed by atoms with E-state index in [2.05, 4.69) is 22.6 Å². The topological polar surface area (TPSA) is 55.1 Å². The molecule has 4 heteroatoms. The number of aryl methyl sites for hydroxylation is 1. The van der Waals surface area contributed by atoms with E-state index in [0.717, 1.165) is 19.3 Å². The van der Waals surface area contributed by atoms with Crippen LogP contribution in [0.5, 0.6) is 0 Å². The number of carbonyl (C=O) groups is 1. The van der Waals surface area contributed by atoms with Crippen LogP contribution in [-0.4, -0.2) is 11.1 Å². The highest BCUT2D eigenvalue weighted by Gasteiger charge is 2.19. The molecule has 1 aliphatic carbocycles. The zero-order chi connectivity index (χ0) is 10.7. The molecule has 0 spiro atoms. The molecular formula is C11H14N2O2. The molecule has 1 heterocycles. The maximum Gasteiger partial charge on any atom is 0.229 e. The minimum atomic E-state index is 0.0349. The van der Waals surface area contributed by atoms with Crippen LogP contribution in [0.25, 0.3) is 0 Å². The molecule has 4 nitrogen and oxygen atoms in total. The minimum absolute atomic E-state index is 0.0349. The normalized spacial score (nSPS) is 20.2. The summed E-state index contributed by atoms with van der Waals surface area (Å²) in [6.07, 6.45) is 6.89. The number of anilines is 1. The lowest BCUT2D eigenvalue weighted by Crippen LogP contribution is -2.23. The fraction of sp³-hybridized carbons (Fsp3) is 0.455. The van der Waals surface area contributed by atoms with Crippen molar-refractivity contribution >= 4 is 11.7 Å². The van der Waals surface area contributed by atoms with Gasteiger partial charge in [-0.25, -0.2) is 0 Å². The molecule has 0 saturated heterocycles. The lowest BCUT2D eigenvalue weighted by atomic mass is 9.94. The predicted octanol–water partition coefficient (Wildman–Crippen LogP) is 2.28. The summed E-state index contributed by atoms with van der Waals surface area (Å²) >= 11 is 0. The first-order valence-electron chi connectivity index (χ1n) is 5.15. The molecule has 1 atom stereocenters. The maximum absolute atomic E-state index is 11.8. The quantitative estimate of drug-likeness (QED) is 0.755. The Kier molecular flexibility index (Phi) is 2.85. The van der Waals surface area contributed by atoms with E-state index >= 15 is 0 Å². The molecule has 1 amide bonds. The summed E-state index contributed by atoms with van der Waals surface area (Å²) in [5.41, 5.74) is 0. The van der Waals surface area contributed by atoms with Crippen LogP contribution in [0.2, 0.25) is 0 Å². The van der Waals surface area contributed by atoms with E-state index in [-0.39, 0.29) is 11.8 Å². The van der Waals surface area contributed by atoms with Gasteiger partial charge in [-0.15, -0.1) is 0 Å². The number of hydrogen-bond donors (Lipinski definition) is 1. The van der Waals surface area contributed by atoms with Gasteiger partial charge in [0, 0.05) is 12.0 Å². The number of nitrogens with one attached hydrogen (secondary N) is 1. The number of carbonyl (C=O) groups excluding carboxylic acids is 1. The van der Waals surface area contributed by atoms with E-state index in [1.807, 2.05) is 0 Å². The van der Waals surface area contributed by atoms with Gasteiger partial charge in [-0.1, -0.05) is 17.3 Å². The zero-order valence-electron chi connectivity index (χ0n) is 8.69. The molecule has 1 N–H and O–H groups in total. The Morgan fingerprint density at radius 2 is 2.47 bits per heavy atom. The van der Waals surface area contributed by atoms with Gasteiger partial charge in [0.25, 0.3) is 0 Å². The molecular weight excluding hydrogens is 192 g/mol. The number of nitrogens with zero attached hydrogens (tertiary/aromatic N) is 1. The van der Waals surface area contributed by atoms with Gasteiger partial charge in [0.05, 0.1) is 0 Å². The van der Waals surface area contributed by atoms with E-state index < -0.39 is 0 Å². The van der Waals surface area contributed by atoms with Gasteiger partial charge in [0.15, 0.2) is 5.82 Å². The van der Waals surface area contributed by atoms with Crippen molar-refractivity contribution in [1.29, 1.82) is 0 Å². The van der Waals surface area contributed by atoms with Gasteiger partial charge in [-0.2, -0.15) is 0 Å². The molecule has 0 bridgehead atoms. The van der Waals surface area contributed by atoms with Gasteiger partial charge in [0.1, 0.15) is 5.76 Å². The first kappa shape index (κ1) is 9.96. The second-order valence-electron chi connectivity index (χ2n) is 3.79. The predicted molar refractivity (Wildman–Crippen MR) is 56.4 cm³/mol. The van der Waals surface area contributed by atoms with E-state index in [0.29, 0.717) is 11.6 Å². The largest absolute Gasteiger partial charge is 0.360 e. The van der Waals surface area contributed by atoms with E-state index in [9.17, 15) is 4.79 Å². The lowest BCUT2D eigenvalue weighted by Gasteiger charge is -2.15. The van der Waals surface area contributed by atoms with E-state index in [4.69, 9.17) is 4.52 Å². The van der Waals surface area contributed by atoms with Crippen LogP contribution >= 0.6 is 0 Å². The van der Waals surface area contributed by atoms with E-state index in [1.165, 1.54) is 0 Å². The summed E-state index contributed by atoms with van der Waals surface area (Å²) in [6.45, 7) is 1.80. The third kappa shape index (κ3) is 2.46. The molecule has 0 radical (unpaired) electrons. The van der Waals surface area contributed by atoms with Gasteiger partial charge in [-0.3, -0.25) is 4.79 Å². The molecule has 2 rings (SSSR count). The number of hydrogen-bond acceptors (Lipinski definition) is 3. The Labute approximate surface area is 88.3 Å². The summed E-state index contributed by atoms with van der Waals surface area (Å²) in [6, 6.07) is 1.72. The first-order valence-corrected chi connectivity index (χ1v) is 5.15. The Balaban J connectivity index is 1.94. The second kappa shape index (κ2) is 4.29. The summed E-state index contributed by atoms with van der Waals surface area (Å²) < 4.78 is 4.87. The summed E-state index contributed by atoms with van der Waals surface area (Å²) in [5, 5.41) is 6.48. The standard InChI is InChI=1S/C11H14N2O2/c1-8-7-10(13-15-8)12-11(14)9-5-3-2-4-6-9/h2-3,7,9H,4-6H2,1H3,(H,12,13,14). The van der Waals surface area contributed by atoms with Crippen LogP contribution in [0.15, 0.2) is 22.7 Å². The van der Waals surface area contributed by atoms with Crippen molar-refractivity contribution in [2.75, 3.05) is 5.32 Å². The first-order chi connectivity index (χ1) is 7.25. The maximum atomic E-state index is 11.8. The summed E-state index contributed by atoms with van der Waals surface area (Å²) in [4.78, 5) is 11.8. The van der Waals surface area contributed by atoms with Gasteiger partial charge in [-0.05, 0) is 26.2 Å². The average molecular weight is 206 g/mol. The molecule has 0 aliphatic heterocycles. The summed E-state index contributed by atoms with van der Waals surface area (Å²) in [7, 11) is 0. The van der Waals surface area contributed by atoms with Crippen molar-refractivity contribution in [2.45, 2.75) is 26.2 Å². The molecule has 1 aromatic heterocycles.